The number of likely N-dealkylation sites (N-methyl/N-ethyl adjacent to an activating group) is 1. The Bertz CT molecular complexity index is 908. The van der Waals surface area contributed by atoms with Gasteiger partial charge in [0.05, 0.1) is 19.3 Å². The highest BCUT2D eigenvalue weighted by Crippen LogP contribution is 2.41. The first kappa shape index (κ1) is 19.2. The Morgan fingerprint density at radius 2 is 2.15 bits per heavy atom. The number of aliphatic hydroxyl groups excluding tert-OH is 1. The number of nitrogens with zero attached hydrogens (tertiary/aromatic N) is 3. The lowest BCUT2D eigenvalue weighted by atomic mass is 9.95. The number of methoxy groups -OCH3 is 1. The molecular weight excluding hydrogens is 366 g/mol. The first-order chi connectivity index (χ1) is 13.0. The Labute approximate surface area is 163 Å². The third kappa shape index (κ3) is 3.62. The van der Waals surface area contributed by atoms with Gasteiger partial charge in [-0.2, -0.15) is 5.01 Å². The Kier molecular flexibility index (Phi) is 5.66. The fraction of sp³-hybridized carbons (Fsp3) is 0.300. The molecule has 1 fully saturated rings. The quantitative estimate of drug-likeness (QED) is 0.819. The third-order valence-corrected chi connectivity index (χ3v) is 4.83. The highest BCUT2D eigenvalue weighted by Gasteiger charge is 2.47. The highest BCUT2D eigenvalue weighted by molar-refractivity contribution is 6.32. The van der Waals surface area contributed by atoms with Crippen LogP contribution >= 0.6 is 11.6 Å². The van der Waals surface area contributed by atoms with Gasteiger partial charge >= 0.3 is 0 Å². The van der Waals surface area contributed by atoms with Crippen molar-refractivity contribution in [2.75, 3.05) is 14.2 Å². The first-order valence-electron chi connectivity index (χ1n) is 8.40. The molecule has 1 aliphatic heterocycles. The number of carbonyl (C=O) groups is 1. The number of hydrogen-bond donors (Lipinski definition) is 1. The van der Waals surface area contributed by atoms with Crippen molar-refractivity contribution in [1.29, 1.82) is 0 Å². The van der Waals surface area contributed by atoms with Crippen LogP contribution in [0.2, 0.25) is 5.02 Å². The molecule has 1 saturated heterocycles. The number of pyridine rings is 1. The molecule has 3 rings (SSSR count). The lowest BCUT2D eigenvalue weighted by molar-refractivity contribution is -0.140. The molecule has 1 aliphatic rings. The lowest BCUT2D eigenvalue weighted by Gasteiger charge is -2.26. The summed E-state index contributed by atoms with van der Waals surface area (Å²) in [6.45, 7) is 2.02. The molecule has 0 radical (unpaired) electrons. The molecule has 1 aromatic heterocycles. The van der Waals surface area contributed by atoms with Gasteiger partial charge in [-0.1, -0.05) is 23.6 Å². The second kappa shape index (κ2) is 7.97. The standard InChI is InChI=1S/C20H20ClN3O3/c1-4-7-13-10-15(21)17(16(11-13)27-3)18-19(25)23(2)24(20(18)26)12-14-8-5-6-9-22-14/h5-6,8-11,18,20,26H,12H2,1-3H3. The molecule has 27 heavy (non-hydrogen) atoms. The van der Waals surface area contributed by atoms with Crippen molar-refractivity contribution in [2.45, 2.75) is 25.6 Å². The second-order valence-corrected chi connectivity index (χ2v) is 6.53. The number of aliphatic hydroxyl groups is 1. The van der Waals surface area contributed by atoms with Gasteiger partial charge in [0.25, 0.3) is 0 Å². The maximum Gasteiger partial charge on any atom is 0.248 e. The zero-order chi connectivity index (χ0) is 19.6. The Morgan fingerprint density at radius 3 is 2.78 bits per heavy atom. The maximum absolute atomic E-state index is 12.9. The van der Waals surface area contributed by atoms with Crippen molar-refractivity contribution in [2.24, 2.45) is 0 Å². The minimum Gasteiger partial charge on any atom is -0.496 e. The smallest absolute Gasteiger partial charge is 0.248 e. The number of amides is 1. The summed E-state index contributed by atoms with van der Waals surface area (Å²) in [4.78, 5) is 17.2. The average Bonchev–Trinajstić information content (AvgIpc) is 2.86. The van der Waals surface area contributed by atoms with Gasteiger partial charge in [-0.05, 0) is 31.2 Å². The minimum atomic E-state index is -1.10. The molecular formula is C20H20ClN3O3. The van der Waals surface area contributed by atoms with Gasteiger partial charge in [0, 0.05) is 29.4 Å². The van der Waals surface area contributed by atoms with Crippen LogP contribution in [0.4, 0.5) is 0 Å². The molecule has 2 heterocycles. The summed E-state index contributed by atoms with van der Waals surface area (Å²) in [5.74, 6) is 5.01. The van der Waals surface area contributed by atoms with Crippen LogP contribution in [-0.4, -0.2) is 46.4 Å². The molecule has 2 unspecified atom stereocenters. The molecule has 1 N–H and O–H groups in total. The predicted octanol–water partition coefficient (Wildman–Crippen LogP) is 2.41. The van der Waals surface area contributed by atoms with E-state index in [0.717, 1.165) is 5.69 Å². The molecule has 2 aromatic rings. The van der Waals surface area contributed by atoms with Gasteiger partial charge in [0.2, 0.25) is 5.91 Å². The zero-order valence-electron chi connectivity index (χ0n) is 15.3. The van der Waals surface area contributed by atoms with Gasteiger partial charge in [0.15, 0.2) is 0 Å². The average molecular weight is 386 g/mol. The van der Waals surface area contributed by atoms with E-state index >= 15 is 0 Å². The molecule has 140 valence electrons. The number of halogens is 1. The SMILES string of the molecule is CC#Cc1cc(Cl)c(C2C(=O)N(C)N(Cc3ccccn3)C2O)c(OC)c1. The largest absolute Gasteiger partial charge is 0.496 e. The van der Waals surface area contributed by atoms with Crippen LogP contribution in [0.25, 0.3) is 0 Å². The van der Waals surface area contributed by atoms with Crippen LogP contribution < -0.4 is 4.74 Å². The summed E-state index contributed by atoms with van der Waals surface area (Å²) in [5.41, 5.74) is 1.87. The van der Waals surface area contributed by atoms with Crippen LogP contribution in [0.15, 0.2) is 36.5 Å². The van der Waals surface area contributed by atoms with Crippen LogP contribution in [0.3, 0.4) is 0 Å². The first-order valence-corrected chi connectivity index (χ1v) is 8.78. The van der Waals surface area contributed by atoms with E-state index in [-0.39, 0.29) is 5.91 Å². The zero-order valence-corrected chi connectivity index (χ0v) is 16.1. The number of hydrazine groups is 1. The van der Waals surface area contributed by atoms with Gasteiger partial charge in [0.1, 0.15) is 17.9 Å². The third-order valence-electron chi connectivity index (χ3n) is 4.52. The molecule has 1 aromatic carbocycles. The number of hydrogen-bond acceptors (Lipinski definition) is 5. The topological polar surface area (TPSA) is 65.9 Å². The van der Waals surface area contributed by atoms with Crippen LogP contribution in [-0.2, 0) is 11.3 Å². The van der Waals surface area contributed by atoms with E-state index in [1.54, 1.807) is 37.3 Å². The van der Waals surface area contributed by atoms with Gasteiger partial charge in [-0.15, -0.1) is 5.92 Å². The number of aromatic nitrogens is 1. The summed E-state index contributed by atoms with van der Waals surface area (Å²) >= 11 is 6.45. The normalized spacial score (nSPS) is 19.7. The summed E-state index contributed by atoms with van der Waals surface area (Å²) in [5, 5.41) is 14.2. The fourth-order valence-corrected chi connectivity index (χ4v) is 3.54. The van der Waals surface area contributed by atoms with Crippen molar-refractivity contribution in [3.8, 4) is 17.6 Å². The molecule has 6 nitrogen and oxygen atoms in total. The number of benzene rings is 1. The molecule has 0 spiro atoms. The fourth-order valence-electron chi connectivity index (χ4n) is 3.21. The lowest BCUT2D eigenvalue weighted by Crippen LogP contribution is -2.39. The molecule has 0 bridgehead atoms. The maximum atomic E-state index is 12.9. The Balaban J connectivity index is 1.99. The van der Waals surface area contributed by atoms with E-state index in [1.807, 2.05) is 18.2 Å². The summed E-state index contributed by atoms with van der Waals surface area (Å²) in [7, 11) is 3.12. The highest BCUT2D eigenvalue weighted by atomic mass is 35.5. The molecule has 1 amide bonds. The van der Waals surface area contributed by atoms with E-state index in [2.05, 4.69) is 16.8 Å². The van der Waals surface area contributed by atoms with Crippen LogP contribution in [0, 0.1) is 11.8 Å². The summed E-state index contributed by atoms with van der Waals surface area (Å²) in [6, 6.07) is 8.91. The Morgan fingerprint density at radius 1 is 1.37 bits per heavy atom. The number of ether oxygens (including phenoxy) is 1. The number of rotatable bonds is 4. The molecule has 0 aliphatic carbocycles. The monoisotopic (exact) mass is 385 g/mol. The van der Waals surface area contributed by atoms with Crippen molar-refractivity contribution >= 4 is 17.5 Å². The second-order valence-electron chi connectivity index (χ2n) is 6.12. The van der Waals surface area contributed by atoms with E-state index in [4.69, 9.17) is 16.3 Å². The van der Waals surface area contributed by atoms with E-state index < -0.39 is 12.1 Å². The van der Waals surface area contributed by atoms with Crippen molar-refractivity contribution in [3.63, 3.8) is 0 Å². The molecule has 2 atom stereocenters. The summed E-state index contributed by atoms with van der Waals surface area (Å²) in [6.07, 6.45) is 0.573. The van der Waals surface area contributed by atoms with Crippen molar-refractivity contribution in [3.05, 3.63) is 58.4 Å². The number of carbonyl (C=O) groups excluding carboxylic acids is 1. The van der Waals surface area contributed by atoms with Crippen molar-refractivity contribution < 1.29 is 14.6 Å². The Hall–Kier alpha value is -2.59. The van der Waals surface area contributed by atoms with E-state index in [1.165, 1.54) is 12.1 Å². The van der Waals surface area contributed by atoms with Crippen LogP contribution in [0.5, 0.6) is 5.75 Å². The van der Waals surface area contributed by atoms with Gasteiger partial charge < -0.3 is 9.84 Å². The minimum absolute atomic E-state index is 0.270. The van der Waals surface area contributed by atoms with Gasteiger partial charge in [-0.3, -0.25) is 14.8 Å². The molecule has 0 saturated carbocycles. The van der Waals surface area contributed by atoms with Gasteiger partial charge in [-0.25, -0.2) is 0 Å². The van der Waals surface area contributed by atoms with Crippen LogP contribution in [0.1, 0.15) is 29.7 Å². The predicted molar refractivity (Wildman–Crippen MR) is 102 cm³/mol. The van der Waals surface area contributed by atoms with Crippen molar-refractivity contribution in [1.82, 2.24) is 15.0 Å². The summed E-state index contributed by atoms with van der Waals surface area (Å²) < 4.78 is 5.45. The molecule has 7 heteroatoms. The van der Waals surface area contributed by atoms with E-state index in [9.17, 15) is 9.90 Å². The van der Waals surface area contributed by atoms with E-state index in [0.29, 0.717) is 28.4 Å².